The van der Waals surface area contributed by atoms with E-state index in [1.54, 1.807) is 0 Å². The molecule has 0 aromatic heterocycles. The molecule has 4 atom stereocenters. The Morgan fingerprint density at radius 3 is 2.58 bits per heavy atom. The summed E-state index contributed by atoms with van der Waals surface area (Å²) in [7, 11) is 0. The first kappa shape index (κ1) is 16.3. The predicted octanol–water partition coefficient (Wildman–Crippen LogP) is 0.377. The van der Waals surface area contributed by atoms with E-state index in [4.69, 9.17) is 5.11 Å². The Bertz CT molecular complexity index is 321. The van der Waals surface area contributed by atoms with Crippen LogP contribution in [-0.4, -0.2) is 47.6 Å². The van der Waals surface area contributed by atoms with Gasteiger partial charge < -0.3 is 15.7 Å². The fourth-order valence-electron chi connectivity index (χ4n) is 1.97. The van der Waals surface area contributed by atoms with E-state index in [2.05, 4.69) is 17.6 Å². The Morgan fingerprint density at radius 2 is 2.11 bits per heavy atom. The topological polar surface area (TPSA) is 78.4 Å². The van der Waals surface area contributed by atoms with E-state index in [1.165, 1.54) is 11.8 Å². The van der Waals surface area contributed by atoms with Gasteiger partial charge in [0.1, 0.15) is 0 Å². The van der Waals surface area contributed by atoms with E-state index in [-0.39, 0.29) is 42.1 Å². The molecule has 1 aliphatic carbocycles. The monoisotopic (exact) mass is 288 g/mol. The van der Waals surface area contributed by atoms with Gasteiger partial charge in [0.05, 0.1) is 6.61 Å². The molecular weight excluding hydrogens is 264 g/mol. The third-order valence-electron chi connectivity index (χ3n) is 3.53. The van der Waals surface area contributed by atoms with Crippen LogP contribution in [0.3, 0.4) is 0 Å². The Balaban J connectivity index is 2.15. The summed E-state index contributed by atoms with van der Waals surface area (Å²) in [5.74, 6) is 0.604. The van der Waals surface area contributed by atoms with Gasteiger partial charge in [0.2, 0.25) is 11.8 Å². The Kier molecular flexibility index (Phi) is 6.65. The summed E-state index contributed by atoms with van der Waals surface area (Å²) in [6.07, 6.45) is 3.14. The smallest absolute Gasteiger partial charge is 0.223 e. The van der Waals surface area contributed by atoms with Crippen LogP contribution in [0.15, 0.2) is 0 Å². The molecule has 0 aliphatic heterocycles. The SMILES string of the molecule is CSC(CO)C(C)NC(=O)CCNC(=O)C1CC1C. The van der Waals surface area contributed by atoms with Crippen molar-refractivity contribution in [3.05, 3.63) is 0 Å². The molecule has 5 nitrogen and oxygen atoms in total. The molecule has 0 saturated heterocycles. The third-order valence-corrected chi connectivity index (χ3v) is 4.69. The average molecular weight is 288 g/mol. The van der Waals surface area contributed by atoms with Crippen LogP contribution >= 0.6 is 11.8 Å². The van der Waals surface area contributed by atoms with E-state index >= 15 is 0 Å². The highest BCUT2D eigenvalue weighted by molar-refractivity contribution is 7.99. The fourth-order valence-corrected chi connectivity index (χ4v) is 2.60. The first-order valence-corrected chi connectivity index (χ1v) is 7.99. The molecule has 1 saturated carbocycles. The van der Waals surface area contributed by atoms with Crippen LogP contribution < -0.4 is 10.6 Å². The van der Waals surface area contributed by atoms with Crippen LogP contribution in [0.1, 0.15) is 26.7 Å². The fraction of sp³-hybridized carbons (Fsp3) is 0.846. The molecule has 0 spiro atoms. The number of amides is 2. The Morgan fingerprint density at radius 1 is 1.47 bits per heavy atom. The van der Waals surface area contributed by atoms with Gasteiger partial charge in [0, 0.05) is 30.2 Å². The van der Waals surface area contributed by atoms with E-state index in [0.717, 1.165) is 6.42 Å². The molecule has 1 rings (SSSR count). The molecule has 3 N–H and O–H groups in total. The standard InChI is InChI=1S/C13H24N2O3S/c1-8-6-10(8)13(18)14-5-4-12(17)15-9(2)11(7-16)19-3/h8-11,16H,4-7H2,1-3H3,(H,14,18)(H,15,17). The minimum absolute atomic E-state index is 0.00542. The predicted molar refractivity (Wildman–Crippen MR) is 76.9 cm³/mol. The van der Waals surface area contributed by atoms with Crippen molar-refractivity contribution in [1.82, 2.24) is 10.6 Å². The quantitative estimate of drug-likeness (QED) is 0.603. The number of carbonyl (C=O) groups excluding carboxylic acids is 2. The number of thioether (sulfide) groups is 1. The molecule has 0 aromatic carbocycles. The van der Waals surface area contributed by atoms with Gasteiger partial charge in [-0.05, 0) is 25.5 Å². The van der Waals surface area contributed by atoms with E-state index < -0.39 is 0 Å². The molecule has 2 amide bonds. The molecule has 6 heteroatoms. The number of hydrogen-bond acceptors (Lipinski definition) is 4. The van der Waals surface area contributed by atoms with Gasteiger partial charge in [0.25, 0.3) is 0 Å². The summed E-state index contributed by atoms with van der Waals surface area (Å²) in [5, 5.41) is 14.7. The maximum Gasteiger partial charge on any atom is 0.223 e. The zero-order valence-corrected chi connectivity index (χ0v) is 12.6. The van der Waals surface area contributed by atoms with Crippen molar-refractivity contribution in [2.24, 2.45) is 11.8 Å². The molecule has 0 heterocycles. The molecule has 0 bridgehead atoms. The van der Waals surface area contributed by atoms with Crippen molar-refractivity contribution >= 4 is 23.6 Å². The van der Waals surface area contributed by atoms with Crippen molar-refractivity contribution in [3.8, 4) is 0 Å². The first-order chi connectivity index (χ1) is 8.99. The van der Waals surface area contributed by atoms with Gasteiger partial charge in [-0.15, -0.1) is 0 Å². The van der Waals surface area contributed by atoms with Crippen molar-refractivity contribution in [1.29, 1.82) is 0 Å². The molecule has 19 heavy (non-hydrogen) atoms. The summed E-state index contributed by atoms with van der Waals surface area (Å²) in [6, 6.07) is -0.0772. The van der Waals surface area contributed by atoms with Crippen molar-refractivity contribution in [3.63, 3.8) is 0 Å². The summed E-state index contributed by atoms with van der Waals surface area (Å²) < 4.78 is 0. The Labute approximate surface area is 118 Å². The third kappa shape index (κ3) is 5.40. The van der Waals surface area contributed by atoms with Gasteiger partial charge in [-0.25, -0.2) is 0 Å². The number of aliphatic hydroxyl groups is 1. The average Bonchev–Trinajstić information content (AvgIpc) is 3.07. The number of carbonyl (C=O) groups is 2. The molecule has 4 unspecified atom stereocenters. The van der Waals surface area contributed by atoms with Crippen LogP contribution in [0.5, 0.6) is 0 Å². The van der Waals surface area contributed by atoms with Gasteiger partial charge in [-0.2, -0.15) is 11.8 Å². The second kappa shape index (κ2) is 7.75. The van der Waals surface area contributed by atoms with Crippen molar-refractivity contribution in [2.45, 2.75) is 38.0 Å². The Hall–Kier alpha value is -0.750. The maximum absolute atomic E-state index is 11.7. The van der Waals surface area contributed by atoms with Crippen LogP contribution in [0.2, 0.25) is 0 Å². The van der Waals surface area contributed by atoms with Crippen LogP contribution in [0.25, 0.3) is 0 Å². The largest absolute Gasteiger partial charge is 0.395 e. The molecule has 1 fully saturated rings. The van der Waals surface area contributed by atoms with E-state index in [9.17, 15) is 9.59 Å². The normalized spacial score (nSPS) is 24.4. The molecular formula is C13H24N2O3S. The first-order valence-electron chi connectivity index (χ1n) is 6.70. The summed E-state index contributed by atoms with van der Waals surface area (Å²) in [5.41, 5.74) is 0. The summed E-state index contributed by atoms with van der Waals surface area (Å²) >= 11 is 1.53. The summed E-state index contributed by atoms with van der Waals surface area (Å²) in [4.78, 5) is 23.2. The highest BCUT2D eigenvalue weighted by Gasteiger charge is 2.38. The summed E-state index contributed by atoms with van der Waals surface area (Å²) in [6.45, 7) is 4.35. The minimum atomic E-state index is -0.0934. The van der Waals surface area contributed by atoms with Gasteiger partial charge >= 0.3 is 0 Å². The number of hydrogen-bond donors (Lipinski definition) is 3. The molecule has 1 aliphatic rings. The van der Waals surface area contributed by atoms with Crippen LogP contribution in [-0.2, 0) is 9.59 Å². The lowest BCUT2D eigenvalue weighted by Crippen LogP contribution is -2.42. The second-order valence-corrected chi connectivity index (χ2v) is 6.25. The molecule has 110 valence electrons. The highest BCUT2D eigenvalue weighted by atomic mass is 32.2. The number of rotatable bonds is 8. The lowest BCUT2D eigenvalue weighted by atomic mass is 10.2. The van der Waals surface area contributed by atoms with Crippen LogP contribution in [0.4, 0.5) is 0 Å². The van der Waals surface area contributed by atoms with Crippen LogP contribution in [0, 0.1) is 11.8 Å². The number of nitrogens with one attached hydrogen (secondary N) is 2. The van der Waals surface area contributed by atoms with Crippen molar-refractivity contribution < 1.29 is 14.7 Å². The lowest BCUT2D eigenvalue weighted by molar-refractivity contribution is -0.123. The highest BCUT2D eigenvalue weighted by Crippen LogP contribution is 2.37. The van der Waals surface area contributed by atoms with Gasteiger partial charge in [-0.1, -0.05) is 6.92 Å². The molecule has 0 radical (unpaired) electrons. The zero-order chi connectivity index (χ0) is 14.4. The minimum Gasteiger partial charge on any atom is -0.395 e. The van der Waals surface area contributed by atoms with E-state index in [1.807, 2.05) is 13.2 Å². The number of aliphatic hydroxyl groups excluding tert-OH is 1. The van der Waals surface area contributed by atoms with Gasteiger partial charge in [-0.3, -0.25) is 9.59 Å². The zero-order valence-electron chi connectivity index (χ0n) is 11.8. The van der Waals surface area contributed by atoms with Gasteiger partial charge in [0.15, 0.2) is 0 Å². The maximum atomic E-state index is 11.7. The van der Waals surface area contributed by atoms with Crippen molar-refractivity contribution in [2.75, 3.05) is 19.4 Å². The molecule has 0 aromatic rings. The second-order valence-electron chi connectivity index (χ2n) is 5.17. The lowest BCUT2D eigenvalue weighted by Gasteiger charge is -2.21. The van der Waals surface area contributed by atoms with E-state index in [0.29, 0.717) is 12.5 Å².